The van der Waals surface area contributed by atoms with Crippen LogP contribution in [-0.4, -0.2) is 23.3 Å². The van der Waals surface area contributed by atoms with Gasteiger partial charge >= 0.3 is 5.97 Å². The molecular formula is C9H8ClN3O2. The Morgan fingerprint density at radius 1 is 1.60 bits per heavy atom. The fraction of sp³-hybridized carbons (Fsp3) is 0.111. The molecule has 0 bridgehead atoms. The molecule has 5 nitrogen and oxygen atoms in total. The zero-order valence-electron chi connectivity index (χ0n) is 7.87. The number of nitrogens with zero attached hydrogens (tertiary/aromatic N) is 1. The van der Waals surface area contributed by atoms with Crippen molar-refractivity contribution < 1.29 is 9.53 Å². The van der Waals surface area contributed by atoms with Crippen molar-refractivity contribution in [3.05, 3.63) is 22.8 Å². The van der Waals surface area contributed by atoms with Gasteiger partial charge in [0.1, 0.15) is 5.15 Å². The monoisotopic (exact) mass is 225 g/mol. The number of aromatic nitrogens is 2. The lowest BCUT2D eigenvalue weighted by molar-refractivity contribution is 0.0601. The molecule has 78 valence electrons. The number of carbonyl (C=O) groups is 1. The zero-order valence-corrected chi connectivity index (χ0v) is 8.63. The first kappa shape index (κ1) is 9.79. The standard InChI is InChI=1S/C9H8ClN3O2/c1-15-9(14)4-2-5(11)7-6(3-4)12-13-8(7)10/h2-3H,11H2,1H3,(H,12,13). The predicted octanol–water partition coefficient (Wildman–Crippen LogP) is 1.59. The van der Waals surface area contributed by atoms with Crippen LogP contribution in [0, 0.1) is 0 Å². The van der Waals surface area contributed by atoms with Crippen molar-refractivity contribution in [3.8, 4) is 0 Å². The molecule has 0 spiro atoms. The van der Waals surface area contributed by atoms with Crippen LogP contribution in [0.15, 0.2) is 12.1 Å². The highest BCUT2D eigenvalue weighted by Crippen LogP contribution is 2.27. The van der Waals surface area contributed by atoms with Gasteiger partial charge < -0.3 is 10.5 Å². The average Bonchev–Trinajstić information content (AvgIpc) is 2.59. The number of hydrogen-bond acceptors (Lipinski definition) is 4. The fourth-order valence-corrected chi connectivity index (χ4v) is 1.63. The van der Waals surface area contributed by atoms with E-state index in [1.54, 1.807) is 6.07 Å². The Morgan fingerprint density at radius 2 is 2.33 bits per heavy atom. The number of nitrogens with two attached hydrogens (primary N) is 1. The third kappa shape index (κ3) is 1.50. The molecule has 1 heterocycles. The van der Waals surface area contributed by atoms with Gasteiger partial charge in [0.2, 0.25) is 0 Å². The second kappa shape index (κ2) is 3.43. The first-order valence-electron chi connectivity index (χ1n) is 4.15. The number of methoxy groups -OCH3 is 1. The number of rotatable bonds is 1. The Kier molecular flexibility index (Phi) is 2.24. The molecule has 0 aliphatic rings. The van der Waals surface area contributed by atoms with E-state index >= 15 is 0 Å². The molecular weight excluding hydrogens is 218 g/mol. The molecule has 3 N–H and O–H groups in total. The molecule has 0 amide bonds. The van der Waals surface area contributed by atoms with E-state index in [0.29, 0.717) is 27.3 Å². The third-order valence-electron chi connectivity index (χ3n) is 2.06. The van der Waals surface area contributed by atoms with Gasteiger partial charge in [-0.3, -0.25) is 5.10 Å². The van der Waals surface area contributed by atoms with Crippen LogP contribution >= 0.6 is 11.6 Å². The molecule has 2 aromatic rings. The minimum absolute atomic E-state index is 0.352. The van der Waals surface area contributed by atoms with E-state index in [9.17, 15) is 4.79 Å². The maximum atomic E-state index is 11.3. The number of nitrogen functional groups attached to an aromatic ring is 1. The predicted molar refractivity (Wildman–Crippen MR) is 56.9 cm³/mol. The lowest BCUT2D eigenvalue weighted by atomic mass is 10.1. The number of nitrogens with one attached hydrogen (secondary N) is 1. The summed E-state index contributed by atoms with van der Waals surface area (Å²) in [5.41, 5.74) is 7.03. The number of halogens is 1. The minimum Gasteiger partial charge on any atom is -0.465 e. The van der Waals surface area contributed by atoms with Gasteiger partial charge in [-0.1, -0.05) is 11.6 Å². The van der Waals surface area contributed by atoms with Crippen molar-refractivity contribution >= 4 is 34.2 Å². The van der Waals surface area contributed by atoms with Crippen LogP contribution in [0.4, 0.5) is 5.69 Å². The molecule has 15 heavy (non-hydrogen) atoms. The van der Waals surface area contributed by atoms with E-state index in [-0.39, 0.29) is 0 Å². The minimum atomic E-state index is -0.456. The Labute approximate surface area is 90.2 Å². The summed E-state index contributed by atoms with van der Waals surface area (Å²) in [6.07, 6.45) is 0. The van der Waals surface area contributed by atoms with Gasteiger partial charge in [-0.25, -0.2) is 4.79 Å². The van der Waals surface area contributed by atoms with E-state index in [1.165, 1.54) is 13.2 Å². The van der Waals surface area contributed by atoms with Gasteiger partial charge in [0.15, 0.2) is 0 Å². The van der Waals surface area contributed by atoms with Crippen LogP contribution in [0.5, 0.6) is 0 Å². The smallest absolute Gasteiger partial charge is 0.338 e. The van der Waals surface area contributed by atoms with Crippen LogP contribution in [-0.2, 0) is 4.74 Å². The maximum absolute atomic E-state index is 11.3. The van der Waals surface area contributed by atoms with E-state index in [2.05, 4.69) is 14.9 Å². The van der Waals surface area contributed by atoms with E-state index < -0.39 is 5.97 Å². The SMILES string of the molecule is COC(=O)c1cc(N)c2c(Cl)[nH]nc2c1. The highest BCUT2D eigenvalue weighted by molar-refractivity contribution is 6.35. The van der Waals surface area contributed by atoms with Crippen LogP contribution in [0.2, 0.25) is 5.15 Å². The number of aromatic amines is 1. The van der Waals surface area contributed by atoms with Crippen LogP contribution in [0.25, 0.3) is 10.9 Å². The lowest BCUT2D eigenvalue weighted by Crippen LogP contribution is -2.02. The maximum Gasteiger partial charge on any atom is 0.338 e. The van der Waals surface area contributed by atoms with Gasteiger partial charge in [-0.05, 0) is 12.1 Å². The molecule has 1 aromatic heterocycles. The molecule has 0 aliphatic heterocycles. The Bertz CT molecular complexity index is 535. The number of fused-ring (bicyclic) bond motifs is 1. The molecule has 6 heteroatoms. The summed E-state index contributed by atoms with van der Waals surface area (Å²) >= 11 is 5.83. The molecule has 0 atom stereocenters. The summed E-state index contributed by atoms with van der Waals surface area (Å²) < 4.78 is 4.58. The number of esters is 1. The second-order valence-electron chi connectivity index (χ2n) is 2.99. The Hall–Kier alpha value is -1.75. The lowest BCUT2D eigenvalue weighted by Gasteiger charge is -2.01. The highest BCUT2D eigenvalue weighted by Gasteiger charge is 2.12. The van der Waals surface area contributed by atoms with Gasteiger partial charge in [0.25, 0.3) is 0 Å². The first-order valence-corrected chi connectivity index (χ1v) is 4.52. The summed E-state index contributed by atoms with van der Waals surface area (Å²) in [6.45, 7) is 0. The van der Waals surface area contributed by atoms with Crippen molar-refractivity contribution in [2.45, 2.75) is 0 Å². The van der Waals surface area contributed by atoms with Crippen LogP contribution in [0.1, 0.15) is 10.4 Å². The first-order chi connectivity index (χ1) is 7.13. The van der Waals surface area contributed by atoms with Gasteiger partial charge in [0.05, 0.1) is 23.6 Å². The molecule has 0 saturated carbocycles. The quantitative estimate of drug-likeness (QED) is 0.570. The summed E-state index contributed by atoms with van der Waals surface area (Å²) in [4.78, 5) is 11.3. The van der Waals surface area contributed by atoms with E-state index in [0.717, 1.165) is 0 Å². The Balaban J connectivity index is 2.68. The number of ether oxygens (including phenoxy) is 1. The molecule has 1 aromatic carbocycles. The van der Waals surface area contributed by atoms with Crippen molar-refractivity contribution in [2.75, 3.05) is 12.8 Å². The number of H-pyrrole nitrogens is 1. The van der Waals surface area contributed by atoms with Gasteiger partial charge in [-0.15, -0.1) is 0 Å². The molecule has 0 radical (unpaired) electrons. The third-order valence-corrected chi connectivity index (χ3v) is 2.34. The number of hydrogen-bond donors (Lipinski definition) is 2. The van der Waals surface area contributed by atoms with Crippen molar-refractivity contribution in [1.29, 1.82) is 0 Å². The summed E-state index contributed by atoms with van der Waals surface area (Å²) in [7, 11) is 1.31. The number of benzene rings is 1. The van der Waals surface area contributed by atoms with Crippen molar-refractivity contribution in [2.24, 2.45) is 0 Å². The largest absolute Gasteiger partial charge is 0.465 e. The molecule has 0 fully saturated rings. The van der Waals surface area contributed by atoms with Crippen LogP contribution < -0.4 is 5.73 Å². The van der Waals surface area contributed by atoms with Gasteiger partial charge in [0, 0.05) is 5.69 Å². The fourth-order valence-electron chi connectivity index (χ4n) is 1.38. The number of anilines is 1. The summed E-state index contributed by atoms with van der Waals surface area (Å²) in [6, 6.07) is 3.08. The zero-order chi connectivity index (χ0) is 11.0. The van der Waals surface area contributed by atoms with Gasteiger partial charge in [-0.2, -0.15) is 5.10 Å². The van der Waals surface area contributed by atoms with Crippen molar-refractivity contribution in [3.63, 3.8) is 0 Å². The van der Waals surface area contributed by atoms with Crippen molar-refractivity contribution in [1.82, 2.24) is 10.2 Å². The number of carbonyl (C=O) groups excluding carboxylic acids is 1. The Morgan fingerprint density at radius 3 is 3.00 bits per heavy atom. The van der Waals surface area contributed by atoms with E-state index in [4.69, 9.17) is 17.3 Å². The average molecular weight is 226 g/mol. The molecule has 0 aliphatic carbocycles. The summed E-state index contributed by atoms with van der Waals surface area (Å²) in [5.74, 6) is -0.456. The van der Waals surface area contributed by atoms with Crippen LogP contribution in [0.3, 0.4) is 0 Å². The topological polar surface area (TPSA) is 81.0 Å². The molecule has 0 unspecified atom stereocenters. The van der Waals surface area contributed by atoms with E-state index in [1.807, 2.05) is 0 Å². The summed E-state index contributed by atoms with van der Waals surface area (Å²) in [5, 5.41) is 7.47. The molecule has 0 saturated heterocycles. The second-order valence-corrected chi connectivity index (χ2v) is 3.37. The normalized spacial score (nSPS) is 10.5. The molecule has 2 rings (SSSR count). The highest BCUT2D eigenvalue weighted by atomic mass is 35.5.